The van der Waals surface area contributed by atoms with E-state index in [0.29, 0.717) is 18.2 Å². The fourth-order valence-corrected chi connectivity index (χ4v) is 2.81. The lowest BCUT2D eigenvalue weighted by Gasteiger charge is -2.20. The zero-order valence-electron chi connectivity index (χ0n) is 9.54. The largest absolute Gasteiger partial charge is 0.381 e. The number of aromatic nitrogens is 2. The summed E-state index contributed by atoms with van der Waals surface area (Å²) in [6, 6.07) is 0. The van der Waals surface area contributed by atoms with Crippen LogP contribution in [0.1, 0.15) is 12.8 Å². The van der Waals surface area contributed by atoms with E-state index in [-0.39, 0.29) is 16.8 Å². The van der Waals surface area contributed by atoms with E-state index in [0.717, 1.165) is 12.8 Å². The molecule has 1 aliphatic heterocycles. The molecule has 0 amide bonds. The average Bonchev–Trinajstić information content (AvgIpc) is 2.39. The second kappa shape index (κ2) is 5.94. The number of nitrogens with two attached hydrogens (primary N) is 1. The van der Waals surface area contributed by atoms with Gasteiger partial charge in [-0.2, -0.15) is 0 Å². The molecule has 0 radical (unpaired) electrons. The number of thioether (sulfide) groups is 1. The highest BCUT2D eigenvalue weighted by atomic mass is 32.2. The molecule has 2 rings (SSSR count). The van der Waals surface area contributed by atoms with Crippen molar-refractivity contribution in [2.75, 3.05) is 18.6 Å². The summed E-state index contributed by atoms with van der Waals surface area (Å²) in [4.78, 5) is 18.2. The maximum atomic E-state index is 11.0. The van der Waals surface area contributed by atoms with Crippen molar-refractivity contribution in [3.8, 4) is 0 Å². The Hall–Kier alpha value is -1.45. The third kappa shape index (κ3) is 2.86. The van der Waals surface area contributed by atoms with Crippen LogP contribution in [0.25, 0.3) is 0 Å². The van der Waals surface area contributed by atoms with Gasteiger partial charge in [-0.15, -0.1) is 0 Å². The van der Waals surface area contributed by atoms with Gasteiger partial charge in [-0.25, -0.2) is 15.8 Å². The van der Waals surface area contributed by atoms with Gasteiger partial charge in [0.25, 0.3) is 0 Å². The van der Waals surface area contributed by atoms with Crippen molar-refractivity contribution < 1.29 is 9.66 Å². The third-order valence-electron chi connectivity index (χ3n) is 2.55. The van der Waals surface area contributed by atoms with Crippen LogP contribution in [-0.2, 0) is 4.74 Å². The highest BCUT2D eigenvalue weighted by Gasteiger charge is 2.26. The Balaban J connectivity index is 2.23. The highest BCUT2D eigenvalue weighted by Crippen LogP contribution is 2.36. The van der Waals surface area contributed by atoms with Crippen LogP contribution < -0.4 is 11.3 Å². The molecule has 1 aliphatic rings. The first-order valence-corrected chi connectivity index (χ1v) is 6.30. The van der Waals surface area contributed by atoms with Gasteiger partial charge in [-0.05, 0) is 12.8 Å². The number of ether oxygens (including phenoxy) is 1. The standard InChI is InChI=1S/C9H13N5O3S/c10-13-8-7(14(15)16)9(12-5-11-8)18-6-1-3-17-4-2-6/h5-6H,1-4,10H2,(H,11,12,13). The monoisotopic (exact) mass is 271 g/mol. The number of hydrazine groups is 1. The molecular formula is C9H13N5O3S. The lowest BCUT2D eigenvalue weighted by molar-refractivity contribution is -0.387. The van der Waals surface area contributed by atoms with Crippen LogP contribution >= 0.6 is 11.8 Å². The molecule has 9 heteroatoms. The number of anilines is 1. The SMILES string of the molecule is NNc1ncnc(SC2CCOCC2)c1[N+](=O)[O-]. The highest BCUT2D eigenvalue weighted by molar-refractivity contribution is 8.00. The first kappa shape index (κ1) is 13.0. The smallest absolute Gasteiger partial charge is 0.344 e. The minimum absolute atomic E-state index is 0.0320. The molecule has 0 aliphatic carbocycles. The van der Waals surface area contributed by atoms with Crippen molar-refractivity contribution in [1.29, 1.82) is 0 Å². The lowest BCUT2D eigenvalue weighted by atomic mass is 10.2. The fourth-order valence-electron chi connectivity index (χ4n) is 1.67. The molecule has 2 heterocycles. The van der Waals surface area contributed by atoms with Gasteiger partial charge in [-0.3, -0.25) is 10.1 Å². The summed E-state index contributed by atoms with van der Waals surface area (Å²) in [5, 5.41) is 11.7. The summed E-state index contributed by atoms with van der Waals surface area (Å²) in [7, 11) is 0. The van der Waals surface area contributed by atoms with Crippen molar-refractivity contribution >= 4 is 23.3 Å². The summed E-state index contributed by atoms with van der Waals surface area (Å²) >= 11 is 1.38. The van der Waals surface area contributed by atoms with Crippen LogP contribution in [0, 0.1) is 10.1 Å². The predicted octanol–water partition coefficient (Wildman–Crippen LogP) is 0.941. The van der Waals surface area contributed by atoms with Crippen LogP contribution in [0.2, 0.25) is 0 Å². The van der Waals surface area contributed by atoms with E-state index >= 15 is 0 Å². The van der Waals surface area contributed by atoms with E-state index in [1.807, 2.05) is 0 Å². The molecule has 1 fully saturated rings. The van der Waals surface area contributed by atoms with Crippen molar-refractivity contribution in [2.45, 2.75) is 23.1 Å². The third-order valence-corrected chi connectivity index (χ3v) is 3.88. The minimum atomic E-state index is -0.517. The minimum Gasteiger partial charge on any atom is -0.381 e. The van der Waals surface area contributed by atoms with E-state index in [4.69, 9.17) is 10.6 Å². The first-order valence-electron chi connectivity index (χ1n) is 5.42. The van der Waals surface area contributed by atoms with Crippen LogP contribution in [0.3, 0.4) is 0 Å². The topological polar surface area (TPSA) is 116 Å². The Labute approximate surface area is 107 Å². The number of nitrogens with one attached hydrogen (secondary N) is 1. The molecule has 0 bridgehead atoms. The molecule has 0 atom stereocenters. The van der Waals surface area contributed by atoms with Crippen molar-refractivity contribution in [2.24, 2.45) is 5.84 Å². The van der Waals surface area contributed by atoms with Crippen molar-refractivity contribution in [1.82, 2.24) is 9.97 Å². The molecule has 3 N–H and O–H groups in total. The normalized spacial score (nSPS) is 16.5. The van der Waals surface area contributed by atoms with Crippen LogP contribution in [0.4, 0.5) is 11.5 Å². The Morgan fingerprint density at radius 3 is 2.83 bits per heavy atom. The average molecular weight is 271 g/mol. The van der Waals surface area contributed by atoms with E-state index in [9.17, 15) is 10.1 Å². The maximum absolute atomic E-state index is 11.0. The number of nitrogens with zero attached hydrogens (tertiary/aromatic N) is 3. The molecule has 1 aromatic rings. The summed E-state index contributed by atoms with van der Waals surface area (Å²) in [6.07, 6.45) is 2.98. The van der Waals surface area contributed by atoms with E-state index in [1.165, 1.54) is 18.1 Å². The summed E-state index contributed by atoms with van der Waals surface area (Å²) in [5.41, 5.74) is 2.05. The molecule has 18 heavy (non-hydrogen) atoms. The van der Waals surface area contributed by atoms with Crippen molar-refractivity contribution in [3.63, 3.8) is 0 Å². The molecule has 0 spiro atoms. The van der Waals surface area contributed by atoms with E-state index < -0.39 is 4.92 Å². The van der Waals surface area contributed by atoms with Crippen LogP contribution in [-0.4, -0.2) is 33.4 Å². The van der Waals surface area contributed by atoms with E-state index in [2.05, 4.69) is 15.4 Å². The van der Waals surface area contributed by atoms with Gasteiger partial charge >= 0.3 is 5.69 Å². The second-order valence-electron chi connectivity index (χ2n) is 3.71. The summed E-state index contributed by atoms with van der Waals surface area (Å²) < 4.78 is 5.25. The quantitative estimate of drug-likeness (QED) is 0.359. The van der Waals surface area contributed by atoms with Crippen molar-refractivity contribution in [3.05, 3.63) is 16.4 Å². The molecule has 1 aromatic heterocycles. The van der Waals surface area contributed by atoms with E-state index in [1.54, 1.807) is 0 Å². The Morgan fingerprint density at radius 2 is 2.22 bits per heavy atom. The maximum Gasteiger partial charge on any atom is 0.344 e. The molecule has 1 saturated heterocycles. The zero-order chi connectivity index (χ0) is 13.0. The van der Waals surface area contributed by atoms with Gasteiger partial charge in [0.15, 0.2) is 5.03 Å². The molecule has 0 unspecified atom stereocenters. The van der Waals surface area contributed by atoms with Gasteiger partial charge in [-0.1, -0.05) is 11.8 Å². The Bertz CT molecular complexity index is 438. The second-order valence-corrected chi connectivity index (χ2v) is 5.00. The Morgan fingerprint density at radius 1 is 1.50 bits per heavy atom. The van der Waals surface area contributed by atoms with Gasteiger partial charge in [0.2, 0.25) is 5.82 Å². The van der Waals surface area contributed by atoms with Crippen LogP contribution in [0.5, 0.6) is 0 Å². The molecular weight excluding hydrogens is 258 g/mol. The number of hydrogen-bond acceptors (Lipinski definition) is 8. The Kier molecular flexibility index (Phi) is 4.28. The number of nitro groups is 1. The number of hydrogen-bond donors (Lipinski definition) is 2. The van der Waals surface area contributed by atoms with Gasteiger partial charge in [0.1, 0.15) is 6.33 Å². The van der Waals surface area contributed by atoms with Crippen LogP contribution in [0.15, 0.2) is 11.4 Å². The van der Waals surface area contributed by atoms with Gasteiger partial charge in [0.05, 0.1) is 4.92 Å². The zero-order valence-corrected chi connectivity index (χ0v) is 10.4. The summed E-state index contributed by atoms with van der Waals surface area (Å²) in [6.45, 7) is 1.36. The lowest BCUT2D eigenvalue weighted by Crippen LogP contribution is -2.18. The fraction of sp³-hybridized carbons (Fsp3) is 0.556. The molecule has 0 aromatic carbocycles. The molecule has 8 nitrogen and oxygen atoms in total. The predicted molar refractivity (Wildman–Crippen MR) is 66.2 cm³/mol. The molecule has 0 saturated carbocycles. The van der Waals surface area contributed by atoms with Gasteiger partial charge in [0, 0.05) is 18.5 Å². The first-order chi connectivity index (χ1) is 8.72. The number of nitrogen functional groups attached to an aromatic ring is 1. The summed E-state index contributed by atoms with van der Waals surface area (Å²) in [5.74, 6) is 5.25. The van der Waals surface area contributed by atoms with Gasteiger partial charge < -0.3 is 10.2 Å². The molecule has 98 valence electrons. The number of rotatable bonds is 4.